The quantitative estimate of drug-likeness (QED) is 0.749. The molecule has 2 aromatic carbocycles. The average Bonchev–Trinajstić information content (AvgIpc) is 3.50. The van der Waals surface area contributed by atoms with E-state index in [0.29, 0.717) is 24.4 Å². The lowest BCUT2D eigenvalue weighted by Gasteiger charge is -2.32. The van der Waals surface area contributed by atoms with Gasteiger partial charge in [0.15, 0.2) is 0 Å². The van der Waals surface area contributed by atoms with Gasteiger partial charge in [0.25, 0.3) is 0 Å². The van der Waals surface area contributed by atoms with Crippen LogP contribution in [0, 0.1) is 0 Å². The molecule has 0 spiro atoms. The maximum Gasteiger partial charge on any atom is 0.309 e. The van der Waals surface area contributed by atoms with E-state index in [1.54, 1.807) is 0 Å². The van der Waals surface area contributed by atoms with E-state index in [2.05, 4.69) is 52.7 Å². The average molecular weight is 379 g/mol. The van der Waals surface area contributed by atoms with Gasteiger partial charge in [-0.3, -0.25) is 9.69 Å². The molecule has 0 bridgehead atoms. The van der Waals surface area contributed by atoms with E-state index in [1.807, 2.05) is 12.1 Å². The molecule has 0 unspecified atom stereocenters. The molecule has 4 nitrogen and oxygen atoms in total. The minimum absolute atomic E-state index is 0.188. The number of piperidine rings is 1. The van der Waals surface area contributed by atoms with Gasteiger partial charge < -0.3 is 10.1 Å². The van der Waals surface area contributed by atoms with Gasteiger partial charge in [-0.05, 0) is 49.0 Å². The van der Waals surface area contributed by atoms with Crippen LogP contribution in [0.15, 0.2) is 54.6 Å². The van der Waals surface area contributed by atoms with Gasteiger partial charge >= 0.3 is 5.97 Å². The Morgan fingerprint density at radius 1 is 1.04 bits per heavy atom. The molecule has 1 N–H and O–H groups in total. The minimum Gasteiger partial charge on any atom is -0.469 e. The maximum atomic E-state index is 11.4. The van der Waals surface area contributed by atoms with Crippen molar-refractivity contribution in [3.63, 3.8) is 0 Å². The van der Waals surface area contributed by atoms with Gasteiger partial charge in [-0.15, -0.1) is 0 Å². The van der Waals surface area contributed by atoms with Crippen molar-refractivity contribution in [3.05, 3.63) is 71.3 Å². The lowest BCUT2D eigenvalue weighted by Crippen LogP contribution is -2.43. The van der Waals surface area contributed by atoms with Gasteiger partial charge in [0, 0.05) is 24.5 Å². The fourth-order valence-corrected chi connectivity index (χ4v) is 4.27. The van der Waals surface area contributed by atoms with Crippen molar-refractivity contribution in [2.24, 2.45) is 0 Å². The highest BCUT2D eigenvalue weighted by atomic mass is 16.5. The number of methoxy groups -OCH3 is 1. The first-order valence-electron chi connectivity index (χ1n) is 10.4. The monoisotopic (exact) mass is 378 g/mol. The molecular weight excluding hydrogens is 348 g/mol. The van der Waals surface area contributed by atoms with Gasteiger partial charge in [0.05, 0.1) is 13.5 Å². The van der Waals surface area contributed by atoms with Crippen LogP contribution < -0.4 is 5.32 Å². The number of ether oxygens (including phenoxy) is 1. The third-order valence-electron chi connectivity index (χ3n) is 6.06. The van der Waals surface area contributed by atoms with Crippen molar-refractivity contribution in [1.82, 2.24) is 10.2 Å². The first-order valence-corrected chi connectivity index (χ1v) is 10.4. The molecule has 2 aliphatic rings. The molecule has 1 aliphatic carbocycles. The Labute approximate surface area is 167 Å². The van der Waals surface area contributed by atoms with E-state index in [1.165, 1.54) is 37.5 Å². The largest absolute Gasteiger partial charge is 0.469 e. The number of rotatable bonds is 7. The molecule has 0 radical (unpaired) electrons. The molecule has 4 rings (SSSR count). The predicted octanol–water partition coefficient (Wildman–Crippen LogP) is 3.51. The van der Waals surface area contributed by atoms with Crippen LogP contribution in [0.5, 0.6) is 0 Å². The highest BCUT2D eigenvalue weighted by molar-refractivity contribution is 5.72. The minimum atomic E-state index is -0.188. The number of hydrogen-bond acceptors (Lipinski definition) is 4. The van der Waals surface area contributed by atoms with E-state index >= 15 is 0 Å². The summed E-state index contributed by atoms with van der Waals surface area (Å²) in [6, 6.07) is 20.6. The summed E-state index contributed by atoms with van der Waals surface area (Å²) in [7, 11) is 1.43. The molecule has 28 heavy (non-hydrogen) atoms. The standard InChI is InChI=1S/C24H30N2O2/c1-28-24(27)15-18-7-9-19(10-8-18)17-26-13-11-21(12-14-26)25-23-16-22(23)20-5-3-2-4-6-20/h2-10,21-23,25H,11-17H2,1H3/t22-,23+/m0/s1. The van der Waals surface area contributed by atoms with Gasteiger partial charge in [0.1, 0.15) is 0 Å². The predicted molar refractivity (Wildman–Crippen MR) is 111 cm³/mol. The Morgan fingerprint density at radius 3 is 2.39 bits per heavy atom. The Kier molecular flexibility index (Phi) is 6.08. The summed E-state index contributed by atoms with van der Waals surface area (Å²) in [5, 5.41) is 3.89. The number of likely N-dealkylation sites (tertiary alicyclic amines) is 1. The summed E-state index contributed by atoms with van der Waals surface area (Å²) < 4.78 is 4.73. The van der Waals surface area contributed by atoms with Gasteiger partial charge in [-0.1, -0.05) is 54.6 Å². The van der Waals surface area contributed by atoms with Crippen molar-refractivity contribution in [2.75, 3.05) is 20.2 Å². The van der Waals surface area contributed by atoms with Crippen LogP contribution >= 0.6 is 0 Å². The summed E-state index contributed by atoms with van der Waals surface area (Å²) in [6.07, 6.45) is 4.07. The summed E-state index contributed by atoms with van der Waals surface area (Å²) >= 11 is 0. The van der Waals surface area contributed by atoms with E-state index in [9.17, 15) is 4.79 Å². The third kappa shape index (κ3) is 5.00. The topological polar surface area (TPSA) is 41.6 Å². The number of carbonyl (C=O) groups excluding carboxylic acids is 1. The second-order valence-electron chi connectivity index (χ2n) is 8.15. The molecule has 4 heteroatoms. The van der Waals surface area contributed by atoms with Crippen LogP contribution in [0.3, 0.4) is 0 Å². The van der Waals surface area contributed by atoms with Crippen LogP contribution in [0.25, 0.3) is 0 Å². The van der Waals surface area contributed by atoms with E-state index in [4.69, 9.17) is 4.74 Å². The Bertz CT molecular complexity index is 767. The number of esters is 1. The highest BCUT2D eigenvalue weighted by Crippen LogP contribution is 2.41. The second-order valence-corrected chi connectivity index (χ2v) is 8.15. The summed E-state index contributed by atoms with van der Waals surface area (Å²) in [5.41, 5.74) is 3.80. The normalized spacial score (nSPS) is 22.8. The number of nitrogens with zero attached hydrogens (tertiary/aromatic N) is 1. The Balaban J connectivity index is 1.19. The highest BCUT2D eigenvalue weighted by Gasteiger charge is 2.39. The molecule has 2 aromatic rings. The van der Waals surface area contributed by atoms with Gasteiger partial charge in [-0.25, -0.2) is 0 Å². The molecule has 2 atom stereocenters. The van der Waals surface area contributed by atoms with Crippen LogP contribution in [-0.2, 0) is 22.5 Å². The fraction of sp³-hybridized carbons (Fsp3) is 0.458. The first-order chi connectivity index (χ1) is 13.7. The lowest BCUT2D eigenvalue weighted by atomic mass is 10.0. The molecule has 0 amide bonds. The molecule has 1 saturated heterocycles. The van der Waals surface area contributed by atoms with Crippen molar-refractivity contribution in [2.45, 2.75) is 50.2 Å². The zero-order valence-electron chi connectivity index (χ0n) is 16.6. The Morgan fingerprint density at radius 2 is 1.71 bits per heavy atom. The van der Waals surface area contributed by atoms with E-state index < -0.39 is 0 Å². The van der Waals surface area contributed by atoms with Crippen molar-refractivity contribution < 1.29 is 9.53 Å². The maximum absolute atomic E-state index is 11.4. The van der Waals surface area contributed by atoms with Crippen LogP contribution in [-0.4, -0.2) is 43.2 Å². The lowest BCUT2D eigenvalue weighted by molar-refractivity contribution is -0.139. The molecule has 148 valence electrons. The third-order valence-corrected chi connectivity index (χ3v) is 6.06. The zero-order valence-corrected chi connectivity index (χ0v) is 16.6. The molecule has 2 fully saturated rings. The number of hydrogen-bond donors (Lipinski definition) is 1. The number of benzene rings is 2. The fourth-order valence-electron chi connectivity index (χ4n) is 4.27. The molecule has 1 aliphatic heterocycles. The SMILES string of the molecule is COC(=O)Cc1ccc(CN2CCC(N[C@@H]3C[C@H]3c3ccccc3)CC2)cc1. The first kappa shape index (κ1) is 19.2. The summed E-state index contributed by atoms with van der Waals surface area (Å²) in [6.45, 7) is 3.27. The smallest absolute Gasteiger partial charge is 0.309 e. The van der Waals surface area contributed by atoms with Crippen molar-refractivity contribution in [3.8, 4) is 0 Å². The number of nitrogens with one attached hydrogen (secondary N) is 1. The summed E-state index contributed by atoms with van der Waals surface area (Å²) in [4.78, 5) is 13.9. The van der Waals surface area contributed by atoms with E-state index in [0.717, 1.165) is 25.2 Å². The van der Waals surface area contributed by atoms with Gasteiger partial charge in [-0.2, -0.15) is 0 Å². The van der Waals surface area contributed by atoms with Crippen LogP contribution in [0.1, 0.15) is 41.9 Å². The van der Waals surface area contributed by atoms with E-state index in [-0.39, 0.29) is 5.97 Å². The van der Waals surface area contributed by atoms with Gasteiger partial charge in [0.2, 0.25) is 0 Å². The van der Waals surface area contributed by atoms with Crippen molar-refractivity contribution in [1.29, 1.82) is 0 Å². The molecule has 0 aromatic heterocycles. The second kappa shape index (κ2) is 8.89. The van der Waals surface area contributed by atoms with Crippen molar-refractivity contribution >= 4 is 5.97 Å². The number of carbonyl (C=O) groups is 1. The molecule has 1 heterocycles. The molecular formula is C24H30N2O2. The summed E-state index contributed by atoms with van der Waals surface area (Å²) in [5.74, 6) is 0.523. The molecule has 1 saturated carbocycles. The Hall–Kier alpha value is -2.17. The van der Waals surface area contributed by atoms with Crippen LogP contribution in [0.2, 0.25) is 0 Å². The van der Waals surface area contributed by atoms with Crippen LogP contribution in [0.4, 0.5) is 0 Å². The zero-order chi connectivity index (χ0) is 19.3.